The van der Waals surface area contributed by atoms with E-state index in [1.54, 1.807) is 11.8 Å². The summed E-state index contributed by atoms with van der Waals surface area (Å²) in [6, 6.07) is 1.75. The molecule has 0 aromatic heterocycles. The van der Waals surface area contributed by atoms with Crippen LogP contribution in [0, 0.1) is 11.6 Å². The molecule has 3 nitrogen and oxygen atoms in total. The summed E-state index contributed by atoms with van der Waals surface area (Å²) in [6.07, 6.45) is 1.95. The summed E-state index contributed by atoms with van der Waals surface area (Å²) in [4.78, 5) is 11.9. The van der Waals surface area contributed by atoms with Crippen LogP contribution in [0.15, 0.2) is 12.1 Å². The summed E-state index contributed by atoms with van der Waals surface area (Å²) in [6.45, 7) is 0. The average Bonchev–Trinajstić information content (AvgIpc) is 2.35. The van der Waals surface area contributed by atoms with Gasteiger partial charge in [-0.1, -0.05) is 0 Å². The molecule has 2 rings (SSSR count). The quantitative estimate of drug-likeness (QED) is 0.811. The van der Waals surface area contributed by atoms with Crippen molar-refractivity contribution in [3.63, 3.8) is 0 Å². The fraction of sp³-hybridized carbons (Fsp3) is 0.417. The third-order valence-electron chi connectivity index (χ3n) is 2.83. The number of rotatable bonds is 2. The predicted octanol–water partition coefficient (Wildman–Crippen LogP) is 2.17. The molecule has 18 heavy (non-hydrogen) atoms. The second-order valence-corrected chi connectivity index (χ2v) is 5.39. The summed E-state index contributed by atoms with van der Waals surface area (Å²) in [5.41, 5.74) is 5.47. The van der Waals surface area contributed by atoms with Crippen LogP contribution in [0.25, 0.3) is 0 Å². The molecule has 1 aliphatic heterocycles. The third-order valence-corrected chi connectivity index (χ3v) is 4.05. The Morgan fingerprint density at radius 3 is 2.78 bits per heavy atom. The third kappa shape index (κ3) is 2.93. The maximum absolute atomic E-state index is 13.1. The highest BCUT2D eigenvalue weighted by Crippen LogP contribution is 2.20. The normalized spacial score (nSPS) is 19.6. The van der Waals surface area contributed by atoms with Crippen LogP contribution in [0.2, 0.25) is 0 Å². The molecule has 0 aliphatic carbocycles. The van der Waals surface area contributed by atoms with E-state index in [4.69, 9.17) is 5.73 Å². The van der Waals surface area contributed by atoms with Crippen molar-refractivity contribution in [2.75, 3.05) is 17.2 Å². The first kappa shape index (κ1) is 13.1. The van der Waals surface area contributed by atoms with Gasteiger partial charge in [0.2, 0.25) is 0 Å². The summed E-state index contributed by atoms with van der Waals surface area (Å²) < 4.78 is 26.0. The molecular weight excluding hydrogens is 258 g/mol. The molecule has 1 atom stereocenters. The zero-order chi connectivity index (χ0) is 13.1. The van der Waals surface area contributed by atoms with Crippen LogP contribution >= 0.6 is 11.8 Å². The van der Waals surface area contributed by atoms with E-state index in [9.17, 15) is 13.6 Å². The van der Waals surface area contributed by atoms with E-state index in [-0.39, 0.29) is 17.3 Å². The van der Waals surface area contributed by atoms with Gasteiger partial charge in [-0.25, -0.2) is 8.78 Å². The number of amides is 1. The van der Waals surface area contributed by atoms with Gasteiger partial charge in [-0.3, -0.25) is 4.79 Å². The number of hydrogen-bond donors (Lipinski definition) is 2. The highest BCUT2D eigenvalue weighted by atomic mass is 32.2. The number of benzene rings is 1. The first-order chi connectivity index (χ1) is 8.58. The van der Waals surface area contributed by atoms with Crippen molar-refractivity contribution in [1.82, 2.24) is 5.32 Å². The highest BCUT2D eigenvalue weighted by Gasteiger charge is 2.19. The lowest BCUT2D eigenvalue weighted by Crippen LogP contribution is -2.38. The maximum atomic E-state index is 13.1. The molecule has 1 aliphatic rings. The van der Waals surface area contributed by atoms with Gasteiger partial charge in [0.1, 0.15) is 0 Å². The van der Waals surface area contributed by atoms with Crippen molar-refractivity contribution in [3.8, 4) is 0 Å². The summed E-state index contributed by atoms with van der Waals surface area (Å²) >= 11 is 1.77. The second kappa shape index (κ2) is 5.56. The van der Waals surface area contributed by atoms with E-state index >= 15 is 0 Å². The fourth-order valence-corrected chi connectivity index (χ4v) is 2.95. The molecule has 1 unspecified atom stereocenters. The van der Waals surface area contributed by atoms with Crippen LogP contribution in [0.4, 0.5) is 14.5 Å². The molecule has 1 amide bonds. The number of thioether (sulfide) groups is 1. The van der Waals surface area contributed by atoms with Gasteiger partial charge in [0, 0.05) is 23.5 Å². The summed E-state index contributed by atoms with van der Waals surface area (Å²) in [5.74, 6) is -0.613. The molecule has 98 valence electrons. The van der Waals surface area contributed by atoms with Gasteiger partial charge in [-0.2, -0.15) is 11.8 Å². The Hall–Kier alpha value is -1.30. The Labute approximate surface area is 108 Å². The Balaban J connectivity index is 2.10. The van der Waals surface area contributed by atoms with E-state index in [1.807, 2.05) is 0 Å². The van der Waals surface area contributed by atoms with Gasteiger partial charge in [0.15, 0.2) is 11.6 Å². The van der Waals surface area contributed by atoms with Gasteiger partial charge >= 0.3 is 0 Å². The number of nitrogens with one attached hydrogen (secondary N) is 1. The second-order valence-electron chi connectivity index (χ2n) is 4.24. The van der Waals surface area contributed by atoms with E-state index in [1.165, 1.54) is 0 Å². The van der Waals surface area contributed by atoms with Crippen LogP contribution in [0.1, 0.15) is 23.2 Å². The number of nitrogens with two attached hydrogens (primary N) is 1. The van der Waals surface area contributed by atoms with E-state index in [0.717, 1.165) is 36.5 Å². The largest absolute Gasteiger partial charge is 0.398 e. The van der Waals surface area contributed by atoms with E-state index in [2.05, 4.69) is 5.32 Å². The van der Waals surface area contributed by atoms with E-state index in [0.29, 0.717) is 0 Å². The molecule has 1 saturated heterocycles. The number of hydrogen-bond acceptors (Lipinski definition) is 3. The van der Waals surface area contributed by atoms with Gasteiger partial charge in [-0.05, 0) is 24.7 Å². The number of anilines is 1. The molecule has 0 radical (unpaired) electrons. The molecule has 1 fully saturated rings. The van der Waals surface area contributed by atoms with Crippen molar-refractivity contribution in [2.45, 2.75) is 18.9 Å². The lowest BCUT2D eigenvalue weighted by Gasteiger charge is -2.22. The lowest BCUT2D eigenvalue weighted by atomic mass is 10.1. The van der Waals surface area contributed by atoms with Crippen molar-refractivity contribution in [3.05, 3.63) is 29.3 Å². The fourth-order valence-electron chi connectivity index (χ4n) is 1.88. The van der Waals surface area contributed by atoms with E-state index < -0.39 is 17.5 Å². The van der Waals surface area contributed by atoms with Crippen LogP contribution in [0.3, 0.4) is 0 Å². The van der Waals surface area contributed by atoms with Crippen molar-refractivity contribution in [2.24, 2.45) is 0 Å². The SMILES string of the molecule is Nc1cc(F)c(F)cc1C(=O)NC1CCCSC1. The Morgan fingerprint density at radius 2 is 2.11 bits per heavy atom. The molecule has 1 heterocycles. The smallest absolute Gasteiger partial charge is 0.253 e. The minimum Gasteiger partial charge on any atom is -0.398 e. The van der Waals surface area contributed by atoms with Crippen molar-refractivity contribution < 1.29 is 13.6 Å². The zero-order valence-corrected chi connectivity index (χ0v) is 10.5. The number of carbonyl (C=O) groups excluding carboxylic acids is 1. The highest BCUT2D eigenvalue weighted by molar-refractivity contribution is 7.99. The van der Waals surface area contributed by atoms with Crippen molar-refractivity contribution >= 4 is 23.4 Å². The Morgan fingerprint density at radius 1 is 1.39 bits per heavy atom. The molecular formula is C12H14F2N2OS. The molecule has 1 aromatic carbocycles. The number of halogens is 2. The minimum absolute atomic E-state index is 0.00975. The molecule has 1 aromatic rings. The van der Waals surface area contributed by atoms with Gasteiger partial charge in [0.05, 0.1) is 5.56 Å². The lowest BCUT2D eigenvalue weighted by molar-refractivity contribution is 0.0939. The zero-order valence-electron chi connectivity index (χ0n) is 9.71. The number of carbonyl (C=O) groups is 1. The molecule has 0 bridgehead atoms. The molecule has 0 saturated carbocycles. The predicted molar refractivity (Wildman–Crippen MR) is 68.6 cm³/mol. The monoisotopic (exact) mass is 272 g/mol. The minimum atomic E-state index is -1.06. The van der Waals surface area contributed by atoms with Crippen LogP contribution in [-0.4, -0.2) is 23.5 Å². The van der Waals surface area contributed by atoms with Crippen LogP contribution in [0.5, 0.6) is 0 Å². The Bertz CT molecular complexity index is 462. The number of nitrogen functional groups attached to an aromatic ring is 1. The first-order valence-electron chi connectivity index (χ1n) is 5.71. The average molecular weight is 272 g/mol. The van der Waals surface area contributed by atoms with Crippen molar-refractivity contribution in [1.29, 1.82) is 0 Å². The first-order valence-corrected chi connectivity index (χ1v) is 6.86. The standard InChI is InChI=1S/C12H14F2N2OS/c13-9-4-8(11(15)5-10(9)14)12(17)16-7-2-1-3-18-6-7/h4-5,7H,1-3,6,15H2,(H,16,17). The van der Waals surface area contributed by atoms with Crippen LogP contribution < -0.4 is 11.1 Å². The molecule has 6 heteroatoms. The topological polar surface area (TPSA) is 55.1 Å². The Kier molecular flexibility index (Phi) is 4.06. The summed E-state index contributed by atoms with van der Waals surface area (Å²) in [5, 5.41) is 2.79. The maximum Gasteiger partial charge on any atom is 0.253 e. The van der Waals surface area contributed by atoms with Gasteiger partial charge in [-0.15, -0.1) is 0 Å². The van der Waals surface area contributed by atoms with Gasteiger partial charge < -0.3 is 11.1 Å². The molecule has 3 N–H and O–H groups in total. The van der Waals surface area contributed by atoms with Crippen LogP contribution in [-0.2, 0) is 0 Å². The van der Waals surface area contributed by atoms with Gasteiger partial charge in [0.25, 0.3) is 5.91 Å². The summed E-state index contributed by atoms with van der Waals surface area (Å²) in [7, 11) is 0. The molecule has 0 spiro atoms.